The van der Waals surface area contributed by atoms with Crippen molar-refractivity contribution in [3.63, 3.8) is 0 Å². The van der Waals surface area contributed by atoms with E-state index in [1.165, 1.54) is 31.3 Å². The van der Waals surface area contributed by atoms with Crippen molar-refractivity contribution in [3.8, 4) is 0 Å². The first-order valence-corrected chi connectivity index (χ1v) is 10.3. The molecule has 0 radical (unpaired) electrons. The van der Waals surface area contributed by atoms with Crippen LogP contribution in [0.4, 0.5) is 10.1 Å². The quantitative estimate of drug-likeness (QED) is 0.671. The van der Waals surface area contributed by atoms with Crippen molar-refractivity contribution in [1.29, 1.82) is 0 Å². The molecule has 2 aromatic rings. The van der Waals surface area contributed by atoms with Gasteiger partial charge in [-0.15, -0.1) is 0 Å². The molecular weight excluding hydrogens is 423 g/mol. The standard InChI is InChI=1S/C18H18ClFN4O4S/c1-24-16(18(26)22-12-6-7-14(20)13(19)8-12)9-15(23-29(24,27)28)10-2-4-11(5-3-10)17(21)25/h2-8,15-16,23H,9H2,1H3,(H2,21,25)(H,22,26)/t15-,16+/m0/s1. The second-order valence-electron chi connectivity index (χ2n) is 6.55. The van der Waals surface area contributed by atoms with Crippen LogP contribution in [-0.2, 0) is 15.0 Å². The van der Waals surface area contributed by atoms with Gasteiger partial charge in [-0.2, -0.15) is 17.4 Å². The van der Waals surface area contributed by atoms with E-state index in [9.17, 15) is 22.4 Å². The third-order valence-electron chi connectivity index (χ3n) is 4.66. The van der Waals surface area contributed by atoms with Gasteiger partial charge in [0.2, 0.25) is 11.8 Å². The maximum atomic E-state index is 13.3. The van der Waals surface area contributed by atoms with E-state index in [1.54, 1.807) is 12.1 Å². The Kier molecular flexibility index (Phi) is 5.90. The number of likely N-dealkylation sites (N-methyl/N-ethyl adjacent to an activating group) is 1. The molecule has 2 amide bonds. The highest BCUT2D eigenvalue weighted by Gasteiger charge is 2.40. The maximum Gasteiger partial charge on any atom is 0.280 e. The molecule has 8 nitrogen and oxygen atoms in total. The van der Waals surface area contributed by atoms with Crippen LogP contribution >= 0.6 is 11.6 Å². The molecule has 4 N–H and O–H groups in total. The van der Waals surface area contributed by atoms with Gasteiger partial charge in [0.15, 0.2) is 0 Å². The van der Waals surface area contributed by atoms with E-state index in [1.807, 2.05) is 0 Å². The smallest absolute Gasteiger partial charge is 0.280 e. The zero-order valence-corrected chi connectivity index (χ0v) is 16.8. The number of benzene rings is 2. The molecule has 154 valence electrons. The van der Waals surface area contributed by atoms with Crippen LogP contribution in [0.15, 0.2) is 42.5 Å². The Morgan fingerprint density at radius 3 is 2.48 bits per heavy atom. The fourth-order valence-electron chi connectivity index (χ4n) is 3.01. The first kappa shape index (κ1) is 21.2. The second kappa shape index (κ2) is 8.07. The van der Waals surface area contributed by atoms with Crippen molar-refractivity contribution in [1.82, 2.24) is 9.03 Å². The van der Waals surface area contributed by atoms with Gasteiger partial charge in [0.25, 0.3) is 10.2 Å². The van der Waals surface area contributed by atoms with E-state index in [0.717, 1.165) is 10.4 Å². The Balaban J connectivity index is 1.84. The molecule has 0 aliphatic carbocycles. The Morgan fingerprint density at radius 1 is 1.24 bits per heavy atom. The number of hydrogen-bond donors (Lipinski definition) is 3. The van der Waals surface area contributed by atoms with Gasteiger partial charge in [-0.05, 0) is 42.3 Å². The number of nitrogens with one attached hydrogen (secondary N) is 2. The molecule has 1 fully saturated rings. The molecule has 2 atom stereocenters. The number of halogens is 2. The van der Waals surface area contributed by atoms with Crippen LogP contribution in [0.25, 0.3) is 0 Å². The molecule has 1 aliphatic rings. The zero-order chi connectivity index (χ0) is 21.3. The first-order chi connectivity index (χ1) is 13.6. The van der Waals surface area contributed by atoms with Crippen LogP contribution in [0.5, 0.6) is 0 Å². The van der Waals surface area contributed by atoms with Gasteiger partial charge in [-0.3, -0.25) is 9.59 Å². The Labute approximate surface area is 172 Å². The van der Waals surface area contributed by atoms with Crippen molar-refractivity contribution >= 4 is 39.3 Å². The van der Waals surface area contributed by atoms with Gasteiger partial charge >= 0.3 is 0 Å². The van der Waals surface area contributed by atoms with Crippen LogP contribution < -0.4 is 15.8 Å². The molecule has 0 spiro atoms. The molecule has 29 heavy (non-hydrogen) atoms. The predicted molar refractivity (Wildman–Crippen MR) is 106 cm³/mol. The molecule has 1 saturated heterocycles. The van der Waals surface area contributed by atoms with Crippen LogP contribution in [0.1, 0.15) is 28.4 Å². The zero-order valence-electron chi connectivity index (χ0n) is 15.2. The third kappa shape index (κ3) is 4.56. The third-order valence-corrected chi connectivity index (χ3v) is 6.54. The number of rotatable bonds is 4. The molecule has 0 unspecified atom stereocenters. The lowest BCUT2D eigenvalue weighted by Gasteiger charge is -2.36. The molecule has 0 bridgehead atoms. The number of carbonyl (C=O) groups excluding carboxylic acids is 2. The highest BCUT2D eigenvalue weighted by Crippen LogP contribution is 2.29. The average Bonchev–Trinajstić information content (AvgIpc) is 2.66. The number of amides is 2. The Hall–Kier alpha value is -2.53. The topological polar surface area (TPSA) is 122 Å². The van der Waals surface area contributed by atoms with E-state index in [4.69, 9.17) is 17.3 Å². The lowest BCUT2D eigenvalue weighted by molar-refractivity contribution is -0.120. The van der Waals surface area contributed by atoms with Gasteiger partial charge in [0.05, 0.1) is 5.02 Å². The van der Waals surface area contributed by atoms with Crippen molar-refractivity contribution in [2.75, 3.05) is 12.4 Å². The van der Waals surface area contributed by atoms with Gasteiger partial charge in [0, 0.05) is 24.3 Å². The largest absolute Gasteiger partial charge is 0.366 e. The summed E-state index contributed by atoms with van der Waals surface area (Å²) < 4.78 is 41.7. The monoisotopic (exact) mass is 440 g/mol. The fourth-order valence-corrected chi connectivity index (χ4v) is 4.46. The minimum absolute atomic E-state index is 0.131. The number of carbonyl (C=O) groups is 2. The highest BCUT2D eigenvalue weighted by molar-refractivity contribution is 7.87. The summed E-state index contributed by atoms with van der Waals surface area (Å²) in [5, 5.41) is 2.39. The van der Waals surface area contributed by atoms with Gasteiger partial charge in [-0.25, -0.2) is 4.39 Å². The summed E-state index contributed by atoms with van der Waals surface area (Å²) in [6.45, 7) is 0. The van der Waals surface area contributed by atoms with Crippen LogP contribution in [0.3, 0.4) is 0 Å². The first-order valence-electron chi connectivity index (χ1n) is 8.49. The second-order valence-corrected chi connectivity index (χ2v) is 8.72. The SMILES string of the molecule is CN1[C@@H](C(=O)Nc2ccc(F)c(Cl)c2)C[C@@H](c2ccc(C(N)=O)cc2)NS1(=O)=O. The van der Waals surface area contributed by atoms with Gasteiger partial charge < -0.3 is 11.1 Å². The molecule has 2 aromatic carbocycles. The Morgan fingerprint density at radius 2 is 1.90 bits per heavy atom. The number of nitrogens with two attached hydrogens (primary N) is 1. The van der Waals surface area contributed by atoms with E-state index < -0.39 is 39.9 Å². The van der Waals surface area contributed by atoms with Crippen molar-refractivity contribution in [2.24, 2.45) is 5.73 Å². The van der Waals surface area contributed by atoms with Crippen molar-refractivity contribution in [2.45, 2.75) is 18.5 Å². The summed E-state index contributed by atoms with van der Waals surface area (Å²) in [7, 11) is -2.65. The lowest BCUT2D eigenvalue weighted by atomic mass is 9.98. The van der Waals surface area contributed by atoms with E-state index in [2.05, 4.69) is 10.0 Å². The maximum absolute atomic E-state index is 13.3. The van der Waals surface area contributed by atoms with Crippen LogP contribution in [0, 0.1) is 5.82 Å². The highest BCUT2D eigenvalue weighted by atomic mass is 35.5. The van der Waals surface area contributed by atoms with E-state index in [0.29, 0.717) is 5.56 Å². The number of hydrogen-bond acceptors (Lipinski definition) is 4. The summed E-state index contributed by atoms with van der Waals surface area (Å²) in [5.74, 6) is -1.82. The molecule has 0 saturated carbocycles. The van der Waals surface area contributed by atoms with Gasteiger partial charge in [0.1, 0.15) is 11.9 Å². The van der Waals surface area contributed by atoms with Crippen LogP contribution in [-0.4, -0.2) is 37.6 Å². The Bertz CT molecular complexity index is 1060. The van der Waals surface area contributed by atoms with E-state index >= 15 is 0 Å². The molecule has 0 aromatic heterocycles. The van der Waals surface area contributed by atoms with E-state index in [-0.39, 0.29) is 22.7 Å². The summed E-state index contributed by atoms with van der Waals surface area (Å²) in [6, 6.07) is 8.08. The van der Waals surface area contributed by atoms with Crippen molar-refractivity contribution < 1.29 is 22.4 Å². The molecule has 1 heterocycles. The van der Waals surface area contributed by atoms with Crippen molar-refractivity contribution in [3.05, 3.63) is 64.4 Å². The summed E-state index contributed by atoms with van der Waals surface area (Å²) in [4.78, 5) is 24.0. The minimum atomic E-state index is -3.94. The molecule has 11 heteroatoms. The predicted octanol–water partition coefficient (Wildman–Crippen LogP) is 1.80. The lowest BCUT2D eigenvalue weighted by Crippen LogP contribution is -2.55. The normalized spacial score (nSPS) is 21.5. The van der Waals surface area contributed by atoms with Gasteiger partial charge in [-0.1, -0.05) is 23.7 Å². The summed E-state index contributed by atoms with van der Waals surface area (Å²) in [5.41, 5.74) is 6.32. The molecule has 3 rings (SSSR count). The summed E-state index contributed by atoms with van der Waals surface area (Å²) >= 11 is 5.72. The van der Waals surface area contributed by atoms with Crippen LogP contribution in [0.2, 0.25) is 5.02 Å². The minimum Gasteiger partial charge on any atom is -0.366 e. The number of nitrogens with zero attached hydrogens (tertiary/aromatic N) is 1. The molecule has 1 aliphatic heterocycles. The number of primary amides is 1. The number of anilines is 1. The summed E-state index contributed by atoms with van der Waals surface area (Å²) in [6.07, 6.45) is 0.131. The molecular formula is C18H18ClFN4O4S. The average molecular weight is 441 g/mol. The fraction of sp³-hybridized carbons (Fsp3) is 0.222.